The van der Waals surface area contributed by atoms with E-state index >= 15 is 0 Å². The Morgan fingerprint density at radius 3 is 2.60 bits per heavy atom. The lowest BCUT2D eigenvalue weighted by Crippen LogP contribution is -2.38. The molecule has 1 fully saturated rings. The summed E-state index contributed by atoms with van der Waals surface area (Å²) in [5, 5.41) is 9.73. The molecule has 0 aliphatic carbocycles. The van der Waals surface area contributed by atoms with E-state index in [9.17, 15) is 9.59 Å². The summed E-state index contributed by atoms with van der Waals surface area (Å²) in [5.74, 6) is -0.961. The first-order valence-corrected chi connectivity index (χ1v) is 7.76. The minimum atomic E-state index is -0.821. The molecule has 0 spiro atoms. The maximum atomic E-state index is 12.2. The number of halogens is 1. The molecule has 108 valence electrons. The van der Waals surface area contributed by atoms with Crippen LogP contribution in [0.4, 0.5) is 0 Å². The molecule has 0 aromatic heterocycles. The van der Waals surface area contributed by atoms with Gasteiger partial charge in [-0.2, -0.15) is 0 Å². The fraction of sp³-hybridized carbons (Fsp3) is 0.429. The van der Waals surface area contributed by atoms with E-state index in [0.29, 0.717) is 23.7 Å². The van der Waals surface area contributed by atoms with Gasteiger partial charge in [0.15, 0.2) is 0 Å². The number of thioether (sulfide) groups is 1. The molecule has 2 unspecified atom stereocenters. The molecule has 1 heterocycles. The highest BCUT2D eigenvalue weighted by Crippen LogP contribution is 2.26. The van der Waals surface area contributed by atoms with Crippen molar-refractivity contribution in [1.82, 2.24) is 4.90 Å². The van der Waals surface area contributed by atoms with Gasteiger partial charge in [0, 0.05) is 22.5 Å². The normalized spacial score (nSPS) is 22.0. The number of carbonyl (C=O) groups is 2. The fourth-order valence-electron chi connectivity index (χ4n) is 2.38. The van der Waals surface area contributed by atoms with Gasteiger partial charge in [-0.1, -0.05) is 11.6 Å². The molecule has 1 amide bonds. The van der Waals surface area contributed by atoms with Crippen LogP contribution < -0.4 is 0 Å². The Bertz CT molecular complexity index is 506. The number of carboxylic acids is 1. The molecule has 1 saturated heterocycles. The lowest BCUT2D eigenvalue weighted by atomic mass is 10.0. The van der Waals surface area contributed by atoms with Gasteiger partial charge in [0.25, 0.3) is 0 Å². The van der Waals surface area contributed by atoms with Crippen LogP contribution in [0.3, 0.4) is 0 Å². The zero-order valence-corrected chi connectivity index (χ0v) is 12.7. The van der Waals surface area contributed by atoms with Gasteiger partial charge in [-0.3, -0.25) is 9.59 Å². The molecule has 4 nitrogen and oxygen atoms in total. The summed E-state index contributed by atoms with van der Waals surface area (Å²) in [5.41, 5.74) is 0. The number of carbonyl (C=O) groups excluding carboxylic acids is 1. The maximum absolute atomic E-state index is 12.2. The first-order chi connectivity index (χ1) is 9.49. The van der Waals surface area contributed by atoms with Gasteiger partial charge in [0.05, 0.1) is 11.7 Å². The van der Waals surface area contributed by atoms with Gasteiger partial charge in [0.1, 0.15) is 0 Å². The van der Waals surface area contributed by atoms with Crippen LogP contribution >= 0.6 is 23.4 Å². The Hall–Kier alpha value is -1.20. The molecule has 1 N–H and O–H groups in total. The molecule has 1 aliphatic heterocycles. The standard InChI is InChI=1S/C14H16ClNO3S/c1-9-12(14(18)19)6-7-16(9)13(17)8-20-11-4-2-10(15)3-5-11/h2-5,9,12H,6-8H2,1H3,(H,18,19). The van der Waals surface area contributed by atoms with Crippen LogP contribution in [0.5, 0.6) is 0 Å². The van der Waals surface area contributed by atoms with E-state index < -0.39 is 11.9 Å². The van der Waals surface area contributed by atoms with Crippen molar-refractivity contribution in [2.75, 3.05) is 12.3 Å². The van der Waals surface area contributed by atoms with Crippen LogP contribution in [0.2, 0.25) is 5.02 Å². The summed E-state index contributed by atoms with van der Waals surface area (Å²) in [7, 11) is 0. The summed E-state index contributed by atoms with van der Waals surface area (Å²) >= 11 is 7.24. The third-order valence-corrected chi connectivity index (χ3v) is 4.82. The zero-order chi connectivity index (χ0) is 14.7. The van der Waals surface area contributed by atoms with Gasteiger partial charge in [-0.15, -0.1) is 11.8 Å². The summed E-state index contributed by atoms with van der Waals surface area (Å²) < 4.78 is 0. The van der Waals surface area contributed by atoms with Crippen molar-refractivity contribution < 1.29 is 14.7 Å². The number of nitrogens with zero attached hydrogens (tertiary/aromatic N) is 1. The van der Waals surface area contributed by atoms with E-state index in [2.05, 4.69) is 0 Å². The van der Waals surface area contributed by atoms with Crippen molar-refractivity contribution in [3.8, 4) is 0 Å². The average Bonchev–Trinajstić information content (AvgIpc) is 2.80. The second-order valence-corrected chi connectivity index (χ2v) is 6.29. The molecule has 0 bridgehead atoms. The van der Waals surface area contributed by atoms with Gasteiger partial charge in [-0.05, 0) is 37.6 Å². The number of hydrogen-bond donors (Lipinski definition) is 1. The number of amides is 1. The average molecular weight is 314 g/mol. The SMILES string of the molecule is CC1C(C(=O)O)CCN1C(=O)CSc1ccc(Cl)cc1. The lowest BCUT2D eigenvalue weighted by Gasteiger charge is -2.23. The molecule has 20 heavy (non-hydrogen) atoms. The van der Waals surface area contributed by atoms with Crippen LogP contribution in [0, 0.1) is 5.92 Å². The van der Waals surface area contributed by atoms with Crippen molar-refractivity contribution in [3.05, 3.63) is 29.3 Å². The highest BCUT2D eigenvalue weighted by molar-refractivity contribution is 8.00. The van der Waals surface area contributed by atoms with Gasteiger partial charge >= 0.3 is 5.97 Å². The third-order valence-electron chi connectivity index (χ3n) is 3.57. The number of hydrogen-bond acceptors (Lipinski definition) is 3. The van der Waals surface area contributed by atoms with Crippen LogP contribution in [0.1, 0.15) is 13.3 Å². The number of aliphatic carboxylic acids is 1. The van der Waals surface area contributed by atoms with E-state index in [1.54, 1.807) is 24.0 Å². The second-order valence-electron chi connectivity index (χ2n) is 4.80. The first kappa shape index (κ1) is 15.2. The molecule has 1 aromatic rings. The van der Waals surface area contributed by atoms with Gasteiger partial charge < -0.3 is 10.0 Å². The minimum Gasteiger partial charge on any atom is -0.481 e. The van der Waals surface area contributed by atoms with E-state index in [4.69, 9.17) is 16.7 Å². The van der Waals surface area contributed by atoms with Crippen molar-refractivity contribution in [2.24, 2.45) is 5.92 Å². The Kier molecular flexibility index (Phi) is 4.94. The summed E-state index contributed by atoms with van der Waals surface area (Å²) in [6, 6.07) is 7.08. The van der Waals surface area contributed by atoms with Gasteiger partial charge in [0.2, 0.25) is 5.91 Å². The molecular formula is C14H16ClNO3S. The van der Waals surface area contributed by atoms with Crippen LogP contribution in [0.25, 0.3) is 0 Å². The highest BCUT2D eigenvalue weighted by atomic mass is 35.5. The Labute approximate surface area is 127 Å². The highest BCUT2D eigenvalue weighted by Gasteiger charge is 2.37. The van der Waals surface area contributed by atoms with Crippen LogP contribution in [-0.2, 0) is 9.59 Å². The zero-order valence-electron chi connectivity index (χ0n) is 11.1. The molecule has 1 aromatic carbocycles. The van der Waals surface area contributed by atoms with Crippen molar-refractivity contribution in [1.29, 1.82) is 0 Å². The molecule has 1 aliphatic rings. The monoisotopic (exact) mass is 313 g/mol. The fourth-order valence-corrected chi connectivity index (χ4v) is 3.29. The van der Waals surface area contributed by atoms with E-state index in [-0.39, 0.29) is 11.9 Å². The summed E-state index contributed by atoms with van der Waals surface area (Å²) in [6.45, 7) is 2.33. The third kappa shape index (κ3) is 3.46. The van der Waals surface area contributed by atoms with Gasteiger partial charge in [-0.25, -0.2) is 0 Å². The van der Waals surface area contributed by atoms with Crippen molar-refractivity contribution in [3.63, 3.8) is 0 Å². The van der Waals surface area contributed by atoms with E-state index in [0.717, 1.165) is 4.90 Å². The first-order valence-electron chi connectivity index (χ1n) is 6.39. The number of benzene rings is 1. The van der Waals surface area contributed by atoms with Crippen molar-refractivity contribution >= 4 is 35.2 Å². The molecular weight excluding hydrogens is 298 g/mol. The van der Waals surface area contributed by atoms with E-state index in [1.807, 2.05) is 12.1 Å². The quantitative estimate of drug-likeness (QED) is 0.868. The molecule has 0 saturated carbocycles. The second kappa shape index (κ2) is 6.50. The molecule has 6 heteroatoms. The van der Waals surface area contributed by atoms with E-state index in [1.165, 1.54) is 11.8 Å². The van der Waals surface area contributed by atoms with Crippen molar-refractivity contribution in [2.45, 2.75) is 24.3 Å². The smallest absolute Gasteiger partial charge is 0.308 e. The predicted octanol–water partition coefficient (Wildman–Crippen LogP) is 2.75. The Balaban J connectivity index is 1.89. The number of likely N-dealkylation sites (tertiary alicyclic amines) is 1. The number of carboxylic acid groups (broad SMARTS) is 1. The maximum Gasteiger partial charge on any atom is 0.308 e. The molecule has 2 atom stereocenters. The lowest BCUT2D eigenvalue weighted by molar-refractivity contribution is -0.142. The Morgan fingerprint density at radius 2 is 2.05 bits per heavy atom. The summed E-state index contributed by atoms with van der Waals surface area (Å²) in [4.78, 5) is 25.8. The summed E-state index contributed by atoms with van der Waals surface area (Å²) in [6.07, 6.45) is 0.536. The number of rotatable bonds is 4. The van der Waals surface area contributed by atoms with Crippen LogP contribution in [0.15, 0.2) is 29.2 Å². The topological polar surface area (TPSA) is 57.6 Å². The van der Waals surface area contributed by atoms with Crippen LogP contribution in [-0.4, -0.2) is 40.2 Å². The Morgan fingerprint density at radius 1 is 1.40 bits per heavy atom. The molecule has 0 radical (unpaired) electrons. The minimum absolute atomic E-state index is 0.0128. The largest absolute Gasteiger partial charge is 0.481 e. The molecule has 2 rings (SSSR count). The predicted molar refractivity (Wildman–Crippen MR) is 79.1 cm³/mol.